The number of alkyl halides is 3. The highest BCUT2D eigenvalue weighted by Crippen LogP contribution is 2.29. The SMILES string of the molecule is CCOc1ccc(C(=O)N[C@H](C(=O)Nc2ccc(C(F)(F)F)cc2)C(C)C)cc1. The summed E-state index contributed by atoms with van der Waals surface area (Å²) in [6, 6.07) is 9.75. The lowest BCUT2D eigenvalue weighted by Crippen LogP contribution is -2.47. The molecule has 0 unspecified atom stereocenters. The van der Waals surface area contributed by atoms with E-state index in [4.69, 9.17) is 4.74 Å². The zero-order valence-corrected chi connectivity index (χ0v) is 16.3. The summed E-state index contributed by atoms with van der Waals surface area (Å²) < 4.78 is 43.3. The summed E-state index contributed by atoms with van der Waals surface area (Å²) >= 11 is 0. The summed E-state index contributed by atoms with van der Waals surface area (Å²) in [5.41, 5.74) is -0.231. The number of ether oxygens (including phenoxy) is 1. The summed E-state index contributed by atoms with van der Waals surface area (Å²) in [6.07, 6.45) is -4.45. The van der Waals surface area contributed by atoms with Crippen LogP contribution in [0.1, 0.15) is 36.7 Å². The molecule has 0 saturated carbocycles. The third kappa shape index (κ3) is 6.23. The van der Waals surface area contributed by atoms with Gasteiger partial charge in [0.25, 0.3) is 5.91 Å². The topological polar surface area (TPSA) is 67.4 Å². The van der Waals surface area contributed by atoms with E-state index in [1.165, 1.54) is 12.1 Å². The smallest absolute Gasteiger partial charge is 0.416 e. The number of halogens is 3. The fourth-order valence-electron chi connectivity index (χ4n) is 2.59. The van der Waals surface area contributed by atoms with Crippen molar-refractivity contribution in [3.63, 3.8) is 0 Å². The minimum absolute atomic E-state index is 0.212. The molecule has 2 aromatic carbocycles. The van der Waals surface area contributed by atoms with Crippen molar-refractivity contribution in [2.24, 2.45) is 5.92 Å². The van der Waals surface area contributed by atoms with Crippen molar-refractivity contribution in [3.8, 4) is 5.75 Å². The molecule has 0 bridgehead atoms. The van der Waals surface area contributed by atoms with E-state index in [2.05, 4.69) is 10.6 Å². The van der Waals surface area contributed by atoms with Crippen LogP contribution in [-0.2, 0) is 11.0 Å². The Morgan fingerprint density at radius 3 is 2.07 bits per heavy atom. The Morgan fingerprint density at radius 1 is 1.00 bits per heavy atom. The second kappa shape index (κ2) is 9.45. The molecule has 0 aliphatic carbocycles. The van der Waals surface area contributed by atoms with Crippen LogP contribution in [0.5, 0.6) is 5.75 Å². The van der Waals surface area contributed by atoms with Crippen LogP contribution in [-0.4, -0.2) is 24.5 Å². The van der Waals surface area contributed by atoms with E-state index in [-0.39, 0.29) is 11.6 Å². The summed E-state index contributed by atoms with van der Waals surface area (Å²) in [7, 11) is 0. The maximum Gasteiger partial charge on any atom is 0.416 e. The highest BCUT2D eigenvalue weighted by atomic mass is 19.4. The van der Waals surface area contributed by atoms with Crippen LogP contribution in [0.15, 0.2) is 48.5 Å². The van der Waals surface area contributed by atoms with Crippen molar-refractivity contribution in [1.29, 1.82) is 0 Å². The minimum atomic E-state index is -4.45. The number of amides is 2. The number of rotatable bonds is 7. The first-order valence-corrected chi connectivity index (χ1v) is 9.13. The first-order valence-electron chi connectivity index (χ1n) is 9.13. The van der Waals surface area contributed by atoms with Gasteiger partial charge in [0.1, 0.15) is 11.8 Å². The normalized spacial score (nSPS) is 12.4. The van der Waals surface area contributed by atoms with E-state index in [1.807, 2.05) is 6.92 Å². The molecule has 1 atom stereocenters. The molecule has 156 valence electrons. The summed E-state index contributed by atoms with van der Waals surface area (Å²) in [6.45, 7) is 5.87. The minimum Gasteiger partial charge on any atom is -0.494 e. The lowest BCUT2D eigenvalue weighted by molar-refractivity contribution is -0.137. The molecule has 5 nitrogen and oxygen atoms in total. The number of benzene rings is 2. The molecule has 0 spiro atoms. The van der Waals surface area contributed by atoms with E-state index in [0.29, 0.717) is 17.9 Å². The van der Waals surface area contributed by atoms with Gasteiger partial charge < -0.3 is 15.4 Å². The summed E-state index contributed by atoms with van der Waals surface area (Å²) in [5.74, 6) is -0.561. The van der Waals surface area contributed by atoms with E-state index in [1.54, 1.807) is 38.1 Å². The van der Waals surface area contributed by atoms with E-state index < -0.39 is 29.6 Å². The monoisotopic (exact) mass is 408 g/mol. The zero-order chi connectivity index (χ0) is 21.6. The highest BCUT2D eigenvalue weighted by molar-refractivity contribution is 6.01. The average Bonchev–Trinajstić information content (AvgIpc) is 2.66. The second-order valence-corrected chi connectivity index (χ2v) is 6.72. The van der Waals surface area contributed by atoms with Crippen LogP contribution in [0.2, 0.25) is 0 Å². The fraction of sp³-hybridized carbons (Fsp3) is 0.333. The number of anilines is 1. The number of hydrogen-bond donors (Lipinski definition) is 2. The predicted molar refractivity (Wildman–Crippen MR) is 104 cm³/mol. The molecule has 0 aliphatic rings. The third-order valence-corrected chi connectivity index (χ3v) is 4.14. The average molecular weight is 408 g/mol. The van der Waals surface area contributed by atoms with Crippen molar-refractivity contribution in [1.82, 2.24) is 5.32 Å². The largest absolute Gasteiger partial charge is 0.494 e. The first-order chi connectivity index (χ1) is 13.6. The zero-order valence-electron chi connectivity index (χ0n) is 16.3. The Balaban J connectivity index is 2.06. The molecule has 0 aliphatic heterocycles. The lowest BCUT2D eigenvalue weighted by Gasteiger charge is -2.22. The van der Waals surface area contributed by atoms with Gasteiger partial charge in [-0.05, 0) is 61.4 Å². The van der Waals surface area contributed by atoms with Crippen molar-refractivity contribution in [3.05, 3.63) is 59.7 Å². The van der Waals surface area contributed by atoms with Crippen LogP contribution >= 0.6 is 0 Å². The molecular formula is C21H23F3N2O3. The quantitative estimate of drug-likeness (QED) is 0.709. The standard InChI is InChI=1S/C21H23F3N2O3/c1-4-29-17-11-5-14(6-12-17)19(27)26-18(13(2)3)20(28)25-16-9-7-15(8-10-16)21(22,23)24/h5-13,18H,4H2,1-3H3,(H,25,28)(H,26,27)/t18-/m0/s1. The van der Waals surface area contributed by atoms with Gasteiger partial charge in [-0.3, -0.25) is 9.59 Å². The molecule has 0 aromatic heterocycles. The van der Waals surface area contributed by atoms with E-state index >= 15 is 0 Å². The van der Waals surface area contributed by atoms with Crippen LogP contribution in [0, 0.1) is 5.92 Å². The Kier molecular flexibility index (Phi) is 7.25. The Morgan fingerprint density at radius 2 is 1.59 bits per heavy atom. The van der Waals surface area contributed by atoms with Crippen molar-refractivity contribution in [2.45, 2.75) is 33.0 Å². The number of carbonyl (C=O) groups is 2. The van der Waals surface area contributed by atoms with Crippen molar-refractivity contribution >= 4 is 17.5 Å². The first kappa shape index (κ1) is 22.3. The van der Waals surface area contributed by atoms with Crippen molar-refractivity contribution in [2.75, 3.05) is 11.9 Å². The molecule has 29 heavy (non-hydrogen) atoms. The van der Waals surface area contributed by atoms with Gasteiger partial charge in [0.2, 0.25) is 5.91 Å². The van der Waals surface area contributed by atoms with Crippen LogP contribution < -0.4 is 15.4 Å². The van der Waals surface area contributed by atoms with Crippen LogP contribution in [0.25, 0.3) is 0 Å². The van der Waals surface area contributed by atoms with Gasteiger partial charge in [-0.25, -0.2) is 0 Å². The molecule has 0 saturated heterocycles. The Hall–Kier alpha value is -3.03. The number of nitrogens with one attached hydrogen (secondary N) is 2. The second-order valence-electron chi connectivity index (χ2n) is 6.72. The number of carbonyl (C=O) groups excluding carboxylic acids is 2. The maximum atomic E-state index is 12.6. The van der Waals surface area contributed by atoms with Gasteiger partial charge in [-0.15, -0.1) is 0 Å². The maximum absolute atomic E-state index is 12.6. The van der Waals surface area contributed by atoms with Gasteiger partial charge in [0, 0.05) is 11.3 Å². The molecule has 2 rings (SSSR count). The molecule has 8 heteroatoms. The van der Waals surface area contributed by atoms with Gasteiger partial charge in [-0.2, -0.15) is 13.2 Å². The fourth-order valence-corrected chi connectivity index (χ4v) is 2.59. The van der Waals surface area contributed by atoms with Gasteiger partial charge in [0.05, 0.1) is 12.2 Å². The van der Waals surface area contributed by atoms with Gasteiger partial charge in [0.15, 0.2) is 0 Å². The summed E-state index contributed by atoms with van der Waals surface area (Å²) in [5, 5.41) is 5.21. The molecular weight excluding hydrogens is 385 g/mol. The third-order valence-electron chi connectivity index (χ3n) is 4.14. The van der Waals surface area contributed by atoms with Gasteiger partial charge in [-0.1, -0.05) is 13.8 Å². The number of hydrogen-bond acceptors (Lipinski definition) is 3. The molecule has 0 heterocycles. The predicted octanol–water partition coefficient (Wildman–Crippen LogP) is 4.50. The van der Waals surface area contributed by atoms with Crippen LogP contribution in [0.4, 0.5) is 18.9 Å². The molecule has 2 N–H and O–H groups in total. The Bertz CT molecular complexity index is 832. The Labute approximate surface area is 167 Å². The van der Waals surface area contributed by atoms with E-state index in [9.17, 15) is 22.8 Å². The van der Waals surface area contributed by atoms with Crippen molar-refractivity contribution < 1.29 is 27.5 Å². The highest BCUT2D eigenvalue weighted by Gasteiger charge is 2.30. The van der Waals surface area contributed by atoms with E-state index in [0.717, 1.165) is 12.1 Å². The lowest BCUT2D eigenvalue weighted by atomic mass is 10.0. The van der Waals surface area contributed by atoms with Crippen LogP contribution in [0.3, 0.4) is 0 Å². The molecule has 2 aromatic rings. The molecule has 0 radical (unpaired) electrons. The summed E-state index contributed by atoms with van der Waals surface area (Å²) in [4.78, 5) is 25.1. The molecule has 0 fully saturated rings. The molecule has 2 amide bonds. The van der Waals surface area contributed by atoms with Gasteiger partial charge >= 0.3 is 6.18 Å².